The van der Waals surface area contributed by atoms with Crippen LogP contribution in [0.5, 0.6) is 0 Å². The van der Waals surface area contributed by atoms with E-state index in [0.717, 1.165) is 11.6 Å². The van der Waals surface area contributed by atoms with Gasteiger partial charge < -0.3 is 5.32 Å². The van der Waals surface area contributed by atoms with Crippen LogP contribution < -0.4 is 5.32 Å². The zero-order chi connectivity index (χ0) is 9.10. The fourth-order valence-electron chi connectivity index (χ4n) is 0.940. The van der Waals surface area contributed by atoms with E-state index in [1.807, 2.05) is 7.05 Å². The summed E-state index contributed by atoms with van der Waals surface area (Å²) < 4.78 is 1.65. The summed E-state index contributed by atoms with van der Waals surface area (Å²) in [5, 5.41) is 17.1. The van der Waals surface area contributed by atoms with Crippen LogP contribution >= 0.6 is 0 Å². The molecule has 2 heterocycles. The SMILES string of the molecule is Cn1nncc1NCc1ncn[nH]1. The minimum Gasteiger partial charge on any atom is -0.362 e. The van der Waals surface area contributed by atoms with E-state index in [4.69, 9.17) is 0 Å². The summed E-state index contributed by atoms with van der Waals surface area (Å²) >= 11 is 0. The number of anilines is 1. The number of nitrogens with zero attached hydrogens (tertiary/aromatic N) is 5. The minimum absolute atomic E-state index is 0.585. The molecule has 0 amide bonds. The van der Waals surface area contributed by atoms with Crippen LogP contribution in [0.2, 0.25) is 0 Å². The molecule has 0 aliphatic rings. The summed E-state index contributed by atoms with van der Waals surface area (Å²) in [6.45, 7) is 0.585. The van der Waals surface area contributed by atoms with E-state index in [9.17, 15) is 0 Å². The predicted molar refractivity (Wildman–Crippen MR) is 44.7 cm³/mol. The number of nitrogens with one attached hydrogen (secondary N) is 2. The van der Waals surface area contributed by atoms with E-state index in [2.05, 4.69) is 30.8 Å². The maximum Gasteiger partial charge on any atom is 0.144 e. The molecule has 0 aliphatic carbocycles. The Balaban J connectivity index is 1.97. The maximum atomic E-state index is 3.97. The van der Waals surface area contributed by atoms with Gasteiger partial charge in [-0.05, 0) is 0 Å². The zero-order valence-electron chi connectivity index (χ0n) is 7.10. The topological polar surface area (TPSA) is 84.3 Å². The van der Waals surface area contributed by atoms with Gasteiger partial charge in [-0.3, -0.25) is 5.10 Å². The van der Waals surface area contributed by atoms with Crippen LogP contribution in [0.25, 0.3) is 0 Å². The monoisotopic (exact) mass is 179 g/mol. The van der Waals surface area contributed by atoms with E-state index in [0.29, 0.717) is 6.54 Å². The summed E-state index contributed by atoms with van der Waals surface area (Å²) in [5.41, 5.74) is 0. The Bertz CT molecular complexity index is 362. The fourth-order valence-corrected chi connectivity index (χ4v) is 0.940. The molecule has 2 rings (SSSR count). The Morgan fingerprint density at radius 3 is 3.15 bits per heavy atom. The number of H-pyrrole nitrogens is 1. The van der Waals surface area contributed by atoms with E-state index >= 15 is 0 Å². The van der Waals surface area contributed by atoms with Crippen LogP contribution in [0.15, 0.2) is 12.5 Å². The highest BCUT2D eigenvalue weighted by Crippen LogP contribution is 2.01. The molecule has 13 heavy (non-hydrogen) atoms. The van der Waals surface area contributed by atoms with Gasteiger partial charge in [-0.2, -0.15) is 5.10 Å². The van der Waals surface area contributed by atoms with Gasteiger partial charge in [0.05, 0.1) is 12.7 Å². The molecule has 7 nitrogen and oxygen atoms in total. The van der Waals surface area contributed by atoms with Gasteiger partial charge in [0.2, 0.25) is 0 Å². The third-order valence-corrected chi connectivity index (χ3v) is 1.62. The lowest BCUT2D eigenvalue weighted by Gasteiger charge is -2.01. The summed E-state index contributed by atoms with van der Waals surface area (Å²) in [5.74, 6) is 1.62. The lowest BCUT2D eigenvalue weighted by molar-refractivity contribution is 0.715. The van der Waals surface area contributed by atoms with Crippen molar-refractivity contribution in [1.82, 2.24) is 30.2 Å². The van der Waals surface area contributed by atoms with Gasteiger partial charge in [-0.1, -0.05) is 5.21 Å². The highest BCUT2D eigenvalue weighted by molar-refractivity contribution is 5.30. The second-order valence-electron chi connectivity index (χ2n) is 2.53. The number of aromatic nitrogens is 6. The average molecular weight is 179 g/mol. The first-order chi connectivity index (χ1) is 6.36. The molecule has 0 saturated heterocycles. The molecule has 68 valence electrons. The molecule has 0 atom stereocenters. The second-order valence-corrected chi connectivity index (χ2v) is 2.53. The van der Waals surface area contributed by atoms with Gasteiger partial charge in [0.15, 0.2) is 0 Å². The van der Waals surface area contributed by atoms with Crippen molar-refractivity contribution in [2.45, 2.75) is 6.54 Å². The molecule has 0 aliphatic heterocycles. The van der Waals surface area contributed by atoms with E-state index in [1.54, 1.807) is 10.9 Å². The molecular formula is C6H9N7. The molecule has 0 saturated carbocycles. The summed E-state index contributed by atoms with van der Waals surface area (Å²) in [7, 11) is 1.82. The Labute approximate surface area is 74.2 Å². The van der Waals surface area contributed by atoms with Crippen molar-refractivity contribution in [2.24, 2.45) is 7.05 Å². The molecule has 7 heteroatoms. The second kappa shape index (κ2) is 3.21. The van der Waals surface area contributed by atoms with Crippen molar-refractivity contribution in [2.75, 3.05) is 5.32 Å². The maximum absolute atomic E-state index is 3.97. The molecule has 0 unspecified atom stereocenters. The van der Waals surface area contributed by atoms with Crippen LogP contribution in [0, 0.1) is 0 Å². The van der Waals surface area contributed by atoms with Gasteiger partial charge in [-0.25, -0.2) is 9.67 Å². The van der Waals surface area contributed by atoms with Crippen molar-refractivity contribution in [3.8, 4) is 0 Å². The molecule has 2 aromatic rings. The highest BCUT2D eigenvalue weighted by Gasteiger charge is 1.99. The van der Waals surface area contributed by atoms with Crippen molar-refractivity contribution in [3.63, 3.8) is 0 Å². The molecule has 2 N–H and O–H groups in total. The first-order valence-corrected chi connectivity index (χ1v) is 3.79. The number of aromatic amines is 1. The molecule has 0 radical (unpaired) electrons. The average Bonchev–Trinajstić information content (AvgIpc) is 2.72. The van der Waals surface area contributed by atoms with Crippen molar-refractivity contribution >= 4 is 5.82 Å². The number of hydrogen-bond acceptors (Lipinski definition) is 5. The van der Waals surface area contributed by atoms with Crippen LogP contribution in [-0.2, 0) is 13.6 Å². The van der Waals surface area contributed by atoms with E-state index in [-0.39, 0.29) is 0 Å². The number of hydrogen-bond donors (Lipinski definition) is 2. The lowest BCUT2D eigenvalue weighted by Crippen LogP contribution is -2.05. The van der Waals surface area contributed by atoms with Gasteiger partial charge in [0, 0.05) is 7.05 Å². The predicted octanol–water partition coefficient (Wildman–Crippen LogP) is -0.455. The normalized spacial score (nSPS) is 10.2. The largest absolute Gasteiger partial charge is 0.362 e. The van der Waals surface area contributed by atoms with Gasteiger partial charge in [0.1, 0.15) is 18.0 Å². The lowest BCUT2D eigenvalue weighted by atomic mass is 10.6. The van der Waals surface area contributed by atoms with Gasteiger partial charge in [-0.15, -0.1) is 5.10 Å². The highest BCUT2D eigenvalue weighted by atomic mass is 15.4. The van der Waals surface area contributed by atoms with Crippen LogP contribution in [0.4, 0.5) is 5.82 Å². The Kier molecular flexibility index (Phi) is 1.91. The first-order valence-electron chi connectivity index (χ1n) is 3.79. The molecular weight excluding hydrogens is 170 g/mol. The molecule has 0 fully saturated rings. The van der Waals surface area contributed by atoms with Gasteiger partial charge in [0.25, 0.3) is 0 Å². The standard InChI is InChI=1S/C6H9N7/c1-13-6(3-9-12-13)7-2-5-8-4-10-11-5/h3-4,7H,2H2,1H3,(H,8,10,11). The quantitative estimate of drug-likeness (QED) is 0.666. The summed E-state index contributed by atoms with van der Waals surface area (Å²) in [6, 6.07) is 0. The van der Waals surface area contributed by atoms with E-state index in [1.165, 1.54) is 6.33 Å². The fraction of sp³-hybridized carbons (Fsp3) is 0.333. The number of aryl methyl sites for hydroxylation is 1. The van der Waals surface area contributed by atoms with E-state index < -0.39 is 0 Å². The third kappa shape index (κ3) is 1.63. The van der Waals surface area contributed by atoms with Crippen LogP contribution in [0.1, 0.15) is 5.82 Å². The Morgan fingerprint density at radius 1 is 1.62 bits per heavy atom. The molecule has 0 bridgehead atoms. The molecule has 0 spiro atoms. The molecule has 0 aromatic carbocycles. The summed E-state index contributed by atoms with van der Waals surface area (Å²) in [4.78, 5) is 3.97. The van der Waals surface area contributed by atoms with Gasteiger partial charge >= 0.3 is 0 Å². The summed E-state index contributed by atoms with van der Waals surface area (Å²) in [6.07, 6.45) is 3.12. The third-order valence-electron chi connectivity index (χ3n) is 1.62. The van der Waals surface area contributed by atoms with Crippen molar-refractivity contribution < 1.29 is 0 Å². The minimum atomic E-state index is 0.585. The Hall–Kier alpha value is -1.92. The Morgan fingerprint density at radius 2 is 2.54 bits per heavy atom. The van der Waals surface area contributed by atoms with Crippen molar-refractivity contribution in [1.29, 1.82) is 0 Å². The first kappa shape index (κ1) is 7.71. The zero-order valence-corrected chi connectivity index (χ0v) is 7.10. The van der Waals surface area contributed by atoms with Crippen molar-refractivity contribution in [3.05, 3.63) is 18.3 Å². The molecule has 2 aromatic heterocycles. The smallest absolute Gasteiger partial charge is 0.144 e. The van der Waals surface area contributed by atoms with Crippen LogP contribution in [-0.4, -0.2) is 30.2 Å². The van der Waals surface area contributed by atoms with Crippen LogP contribution in [0.3, 0.4) is 0 Å². The number of rotatable bonds is 3.